The van der Waals surface area contributed by atoms with Crippen molar-refractivity contribution >= 4 is 24.6 Å². The zero-order chi connectivity index (χ0) is 26.3. The highest BCUT2D eigenvalue weighted by Gasteiger charge is 2.22. The van der Waals surface area contributed by atoms with E-state index in [9.17, 15) is 15.2 Å². The number of nitrogens with one attached hydrogen (secondary N) is 1. The molecule has 2 heterocycles. The van der Waals surface area contributed by atoms with E-state index in [4.69, 9.17) is 4.74 Å². The lowest BCUT2D eigenvalue weighted by molar-refractivity contribution is -0.118. The molecular formula is C29H36N4O3. The Bertz CT molecular complexity index is 1300. The maximum atomic E-state index is 12.6. The summed E-state index contributed by atoms with van der Waals surface area (Å²) in [4.78, 5) is 15.0. The van der Waals surface area contributed by atoms with Crippen molar-refractivity contribution in [2.75, 3.05) is 32.9 Å². The molecular weight excluding hydrogens is 452 g/mol. The molecule has 0 spiro atoms. The number of aliphatic hydroxyl groups excluding tert-OH is 1. The number of nitrogens with zero attached hydrogens (tertiary/aromatic N) is 3. The molecule has 36 heavy (non-hydrogen) atoms. The molecule has 0 radical (unpaired) electrons. The fraction of sp³-hybridized carbons (Fsp3) is 0.379. The van der Waals surface area contributed by atoms with Gasteiger partial charge in [-0.05, 0) is 73.5 Å². The molecule has 2 N–H and O–H groups in total. The van der Waals surface area contributed by atoms with Gasteiger partial charge in [0.15, 0.2) is 0 Å². The van der Waals surface area contributed by atoms with Crippen LogP contribution >= 0.6 is 0 Å². The van der Waals surface area contributed by atoms with Crippen molar-refractivity contribution in [3.63, 3.8) is 0 Å². The summed E-state index contributed by atoms with van der Waals surface area (Å²) in [5.74, 6) is -0.460. The number of amides is 1. The molecule has 7 heteroatoms. The maximum absolute atomic E-state index is 12.6. The molecule has 0 bridgehead atoms. The Morgan fingerprint density at radius 2 is 2.00 bits per heavy atom. The van der Waals surface area contributed by atoms with Crippen molar-refractivity contribution in [2.45, 2.75) is 32.7 Å². The van der Waals surface area contributed by atoms with E-state index < -0.39 is 11.4 Å². The molecule has 1 saturated heterocycles. The molecule has 7 nitrogen and oxygen atoms in total. The second-order valence-corrected chi connectivity index (χ2v) is 9.55. The second-order valence-electron chi connectivity index (χ2n) is 9.55. The lowest BCUT2D eigenvalue weighted by atomic mass is 10.0. The Labute approximate surface area is 213 Å². The van der Waals surface area contributed by atoms with Crippen molar-refractivity contribution in [1.29, 1.82) is 5.26 Å². The number of ether oxygens (including phenoxy) is 1. The molecule has 2 aromatic rings. The topological polar surface area (TPSA) is 90.5 Å². The lowest BCUT2D eigenvalue weighted by Crippen LogP contribution is -2.44. The zero-order valence-electron chi connectivity index (χ0n) is 21.7. The van der Waals surface area contributed by atoms with Gasteiger partial charge in [-0.1, -0.05) is 24.8 Å². The predicted octanol–water partition coefficient (Wildman–Crippen LogP) is 2.30. The second kappa shape index (κ2) is 11.9. The Balaban J connectivity index is 1.87. The monoisotopic (exact) mass is 488 g/mol. The lowest BCUT2D eigenvalue weighted by Gasteiger charge is -2.29. The van der Waals surface area contributed by atoms with Crippen LogP contribution in [0.2, 0.25) is 0 Å². The van der Waals surface area contributed by atoms with Gasteiger partial charge in [-0.3, -0.25) is 4.79 Å². The predicted molar refractivity (Wildman–Crippen MR) is 144 cm³/mol. The standard InChI is InChI=1S/C29H36N4O3/c1-6-25(33-12-15-36-16-13-33)18-22-7-8-23(17-21(22)2)27-10-9-26(32(27)5)19-24(20-30)28(35)31-29(3,4)11-14-34/h6-10,17-19,34H,2,11-16H2,1,3-5H3,(H,31,35)/b22-18-,24-19+,25-6+. The number of hydrogen-bond acceptors (Lipinski definition) is 5. The van der Waals surface area contributed by atoms with Gasteiger partial charge in [-0.25, -0.2) is 0 Å². The molecule has 1 fully saturated rings. The van der Waals surface area contributed by atoms with Crippen LogP contribution in [0.4, 0.5) is 0 Å². The number of aromatic nitrogens is 1. The van der Waals surface area contributed by atoms with Crippen molar-refractivity contribution in [1.82, 2.24) is 14.8 Å². The van der Waals surface area contributed by atoms with Crippen LogP contribution in [0.3, 0.4) is 0 Å². The third-order valence-corrected chi connectivity index (χ3v) is 6.42. The van der Waals surface area contributed by atoms with Crippen molar-refractivity contribution in [2.24, 2.45) is 7.05 Å². The fourth-order valence-electron chi connectivity index (χ4n) is 4.22. The number of carbonyl (C=O) groups is 1. The summed E-state index contributed by atoms with van der Waals surface area (Å²) < 4.78 is 7.42. The summed E-state index contributed by atoms with van der Waals surface area (Å²) in [7, 11) is 1.91. The maximum Gasteiger partial charge on any atom is 0.262 e. The van der Waals surface area contributed by atoms with Crippen LogP contribution < -0.4 is 15.8 Å². The van der Waals surface area contributed by atoms with Crippen LogP contribution in [0.15, 0.2) is 47.7 Å². The first-order chi connectivity index (χ1) is 17.2. The number of carbonyl (C=O) groups excluding carboxylic acids is 1. The average Bonchev–Trinajstić information content (AvgIpc) is 3.21. The van der Waals surface area contributed by atoms with E-state index in [1.165, 1.54) is 0 Å². The van der Waals surface area contributed by atoms with Gasteiger partial charge < -0.3 is 24.6 Å². The number of nitriles is 1. The number of hydrogen-bond donors (Lipinski definition) is 2. The average molecular weight is 489 g/mol. The molecule has 1 aliphatic rings. The Morgan fingerprint density at radius 1 is 1.28 bits per heavy atom. The van der Waals surface area contributed by atoms with Crippen LogP contribution in [0.5, 0.6) is 0 Å². The van der Waals surface area contributed by atoms with Crippen molar-refractivity contribution in [3.8, 4) is 17.3 Å². The molecule has 0 aliphatic carbocycles. The van der Waals surface area contributed by atoms with E-state index in [-0.39, 0.29) is 12.2 Å². The minimum absolute atomic E-state index is 0.0126. The van der Waals surface area contributed by atoms with Gasteiger partial charge in [0.1, 0.15) is 11.6 Å². The first-order valence-corrected chi connectivity index (χ1v) is 12.2. The molecule has 1 aromatic heterocycles. The Morgan fingerprint density at radius 3 is 2.61 bits per heavy atom. The van der Waals surface area contributed by atoms with Crippen molar-refractivity contribution < 1.29 is 14.6 Å². The third kappa shape index (κ3) is 6.54. The van der Waals surface area contributed by atoms with Crippen molar-refractivity contribution in [3.05, 3.63) is 63.8 Å². The quantitative estimate of drug-likeness (QED) is 0.440. The van der Waals surface area contributed by atoms with E-state index in [1.54, 1.807) is 6.08 Å². The van der Waals surface area contributed by atoms with Crippen LogP contribution in [-0.2, 0) is 16.6 Å². The highest BCUT2D eigenvalue weighted by molar-refractivity contribution is 6.02. The largest absolute Gasteiger partial charge is 0.396 e. The molecule has 3 rings (SSSR count). The molecule has 0 atom stereocenters. The fourth-order valence-corrected chi connectivity index (χ4v) is 4.22. The molecule has 0 saturated carbocycles. The van der Waals surface area contributed by atoms with Gasteiger partial charge >= 0.3 is 0 Å². The SMILES string of the molecule is C=c1cc(-c2ccc(/C=C(\C#N)C(=O)NC(C)(C)CCO)n2C)cc/c1=C/C(=C\C)N1CCOCC1. The molecule has 1 aliphatic heterocycles. The minimum Gasteiger partial charge on any atom is -0.396 e. The van der Waals surface area contributed by atoms with Crippen LogP contribution in [0.1, 0.15) is 32.9 Å². The molecule has 1 amide bonds. The summed E-state index contributed by atoms with van der Waals surface area (Å²) in [6, 6.07) is 12.0. The highest BCUT2D eigenvalue weighted by atomic mass is 16.5. The normalized spacial score (nSPS) is 15.7. The van der Waals surface area contributed by atoms with E-state index in [1.807, 2.05) is 50.6 Å². The number of morpholine rings is 1. The summed E-state index contributed by atoms with van der Waals surface area (Å²) in [6.07, 6.45) is 6.26. The van der Waals surface area contributed by atoms with Gasteiger partial charge in [0.05, 0.1) is 13.2 Å². The van der Waals surface area contributed by atoms with Crippen LogP contribution in [0.25, 0.3) is 30.0 Å². The number of benzene rings is 1. The van der Waals surface area contributed by atoms with E-state index in [0.29, 0.717) is 6.42 Å². The Hall–Kier alpha value is -3.60. The number of allylic oxidation sites excluding steroid dienone is 2. The molecule has 1 aromatic carbocycles. The van der Waals surface area contributed by atoms with Gasteiger partial charge in [0.2, 0.25) is 0 Å². The van der Waals surface area contributed by atoms with Gasteiger partial charge in [0, 0.05) is 49.4 Å². The summed E-state index contributed by atoms with van der Waals surface area (Å²) in [6.45, 7) is 13.1. The van der Waals surface area contributed by atoms with Gasteiger partial charge in [-0.15, -0.1) is 0 Å². The van der Waals surface area contributed by atoms with Gasteiger partial charge in [-0.2, -0.15) is 5.26 Å². The van der Waals surface area contributed by atoms with E-state index >= 15 is 0 Å². The first-order valence-electron chi connectivity index (χ1n) is 12.2. The third-order valence-electron chi connectivity index (χ3n) is 6.42. The number of rotatable bonds is 8. The highest BCUT2D eigenvalue weighted by Crippen LogP contribution is 2.22. The number of aliphatic hydroxyl groups is 1. The van der Waals surface area contributed by atoms with E-state index in [0.717, 1.165) is 59.4 Å². The molecule has 0 unspecified atom stereocenters. The van der Waals surface area contributed by atoms with E-state index in [2.05, 4.69) is 47.1 Å². The summed E-state index contributed by atoms with van der Waals surface area (Å²) in [5.41, 5.74) is 3.25. The summed E-state index contributed by atoms with van der Waals surface area (Å²) in [5, 5.41) is 23.6. The smallest absolute Gasteiger partial charge is 0.262 e. The van der Waals surface area contributed by atoms with Crippen LogP contribution in [0, 0.1) is 11.3 Å². The minimum atomic E-state index is -0.612. The summed E-state index contributed by atoms with van der Waals surface area (Å²) >= 11 is 0. The Kier molecular flexibility index (Phi) is 8.92. The molecule has 190 valence electrons. The van der Waals surface area contributed by atoms with Crippen LogP contribution in [-0.4, -0.2) is 58.9 Å². The van der Waals surface area contributed by atoms with Gasteiger partial charge in [0.25, 0.3) is 5.91 Å². The first kappa shape index (κ1) is 27.0. The zero-order valence-corrected chi connectivity index (χ0v) is 21.7.